The molecule has 0 saturated carbocycles. The lowest BCUT2D eigenvalue weighted by Crippen LogP contribution is -2.30. The summed E-state index contributed by atoms with van der Waals surface area (Å²) in [5, 5.41) is 25.3. The number of anilines is 3. The van der Waals surface area contributed by atoms with Crippen LogP contribution in [0.4, 0.5) is 28.7 Å². The quantitative estimate of drug-likeness (QED) is 0.249. The topological polar surface area (TPSA) is 182 Å². The molecule has 0 bridgehead atoms. The van der Waals surface area contributed by atoms with Gasteiger partial charge in [-0.25, -0.2) is 9.97 Å². The average molecular weight is 472 g/mol. The normalized spacial score (nSPS) is 10.2. The first-order valence-electron chi connectivity index (χ1n) is 9.05. The van der Waals surface area contributed by atoms with Crippen LogP contribution in [0.15, 0.2) is 48.8 Å². The zero-order chi connectivity index (χ0) is 24.1. The Kier molecular flexibility index (Phi) is 6.74. The number of Topliss-reactive ketones (excluding diaryl/α,β-unsaturated/α-hetero) is 1. The van der Waals surface area contributed by atoms with E-state index in [1.54, 1.807) is 18.2 Å². The van der Waals surface area contributed by atoms with Gasteiger partial charge in [-0.1, -0.05) is 23.7 Å². The summed E-state index contributed by atoms with van der Waals surface area (Å²) in [6.07, 6.45) is 1.02. The molecule has 14 heteroatoms. The van der Waals surface area contributed by atoms with E-state index in [9.17, 15) is 29.8 Å². The van der Waals surface area contributed by atoms with Crippen molar-refractivity contribution < 1.29 is 19.4 Å². The van der Waals surface area contributed by atoms with Crippen LogP contribution in [-0.2, 0) is 0 Å². The number of carbonyl (C=O) groups is 2. The minimum atomic E-state index is -0.827. The lowest BCUT2D eigenvalue weighted by Gasteiger charge is -2.11. The van der Waals surface area contributed by atoms with Crippen LogP contribution in [0.3, 0.4) is 0 Å². The molecule has 168 valence electrons. The fraction of sp³-hybridized carbons (Fsp3) is 0.0526. The molecule has 1 amide bonds. The van der Waals surface area contributed by atoms with E-state index in [1.807, 2.05) is 0 Å². The van der Waals surface area contributed by atoms with Crippen molar-refractivity contribution in [1.82, 2.24) is 15.4 Å². The molecule has 3 aromatic rings. The summed E-state index contributed by atoms with van der Waals surface area (Å²) in [5.74, 6) is -1.57. The number of nitro benzene ring substituents is 1. The van der Waals surface area contributed by atoms with Crippen molar-refractivity contribution in [2.75, 3.05) is 10.7 Å². The van der Waals surface area contributed by atoms with E-state index in [0.29, 0.717) is 11.3 Å². The minimum Gasteiger partial charge on any atom is -0.334 e. The van der Waals surface area contributed by atoms with Crippen LogP contribution in [-0.4, -0.2) is 31.5 Å². The number of aromatic nitrogens is 2. The predicted octanol–water partition coefficient (Wildman–Crippen LogP) is 3.65. The van der Waals surface area contributed by atoms with E-state index in [0.717, 1.165) is 12.4 Å². The summed E-state index contributed by atoms with van der Waals surface area (Å²) >= 11 is 5.73. The molecule has 0 aliphatic heterocycles. The van der Waals surface area contributed by atoms with Crippen LogP contribution in [0.1, 0.15) is 27.6 Å². The van der Waals surface area contributed by atoms with E-state index < -0.39 is 27.1 Å². The molecule has 3 rings (SSSR count). The second-order valence-electron chi connectivity index (χ2n) is 6.44. The Labute approximate surface area is 190 Å². The van der Waals surface area contributed by atoms with Gasteiger partial charge in [-0.05, 0) is 31.2 Å². The number of hydrogen-bond donors (Lipinski definition) is 3. The SMILES string of the molecule is CC(=O)c1cccc(Nc2ncnc(NNC(=O)c3ccc(Cl)c([N+](=O)[O-])c3)c2[N+](=O)[O-])c1. The Morgan fingerprint density at radius 1 is 0.970 bits per heavy atom. The lowest BCUT2D eigenvalue weighted by atomic mass is 10.1. The lowest BCUT2D eigenvalue weighted by molar-refractivity contribution is -0.384. The second kappa shape index (κ2) is 9.65. The van der Waals surface area contributed by atoms with Crippen LogP contribution < -0.4 is 16.2 Å². The van der Waals surface area contributed by atoms with Gasteiger partial charge in [0, 0.05) is 22.9 Å². The van der Waals surface area contributed by atoms with E-state index in [-0.39, 0.29) is 28.0 Å². The third kappa shape index (κ3) is 5.34. The van der Waals surface area contributed by atoms with Gasteiger partial charge >= 0.3 is 5.69 Å². The minimum absolute atomic E-state index is 0.116. The van der Waals surface area contributed by atoms with Gasteiger partial charge in [-0.2, -0.15) is 0 Å². The average Bonchev–Trinajstić information content (AvgIpc) is 2.77. The molecular weight excluding hydrogens is 458 g/mol. The number of nitro groups is 2. The second-order valence-corrected chi connectivity index (χ2v) is 6.85. The van der Waals surface area contributed by atoms with Gasteiger partial charge in [-0.15, -0.1) is 0 Å². The Balaban J connectivity index is 1.84. The van der Waals surface area contributed by atoms with Gasteiger partial charge in [0.2, 0.25) is 11.6 Å². The molecule has 0 aliphatic carbocycles. The highest BCUT2D eigenvalue weighted by Crippen LogP contribution is 2.31. The molecule has 13 nitrogen and oxygen atoms in total. The Morgan fingerprint density at radius 2 is 1.70 bits per heavy atom. The highest BCUT2D eigenvalue weighted by atomic mass is 35.5. The van der Waals surface area contributed by atoms with Crippen molar-refractivity contribution in [2.24, 2.45) is 0 Å². The Hall–Kier alpha value is -4.65. The molecule has 0 spiro atoms. The summed E-state index contributed by atoms with van der Waals surface area (Å²) < 4.78 is 0. The van der Waals surface area contributed by atoms with Crippen molar-refractivity contribution in [3.8, 4) is 0 Å². The van der Waals surface area contributed by atoms with Crippen LogP contribution >= 0.6 is 11.6 Å². The number of hydrazine groups is 1. The molecule has 0 aliphatic rings. The maximum atomic E-state index is 12.4. The van der Waals surface area contributed by atoms with Crippen LogP contribution in [0, 0.1) is 20.2 Å². The van der Waals surface area contributed by atoms with Gasteiger partial charge in [0.25, 0.3) is 11.6 Å². The number of benzene rings is 2. The molecule has 2 aromatic carbocycles. The van der Waals surface area contributed by atoms with Crippen molar-refractivity contribution in [1.29, 1.82) is 0 Å². The predicted molar refractivity (Wildman–Crippen MR) is 118 cm³/mol. The number of halogens is 1. The van der Waals surface area contributed by atoms with Crippen molar-refractivity contribution in [2.45, 2.75) is 6.92 Å². The smallest absolute Gasteiger partial charge is 0.334 e. The Bertz CT molecular complexity index is 1280. The maximum absolute atomic E-state index is 12.4. The van der Waals surface area contributed by atoms with Crippen molar-refractivity contribution in [3.63, 3.8) is 0 Å². The zero-order valence-electron chi connectivity index (χ0n) is 16.7. The van der Waals surface area contributed by atoms with Gasteiger partial charge in [0.15, 0.2) is 5.78 Å². The van der Waals surface area contributed by atoms with Gasteiger partial charge in [0.1, 0.15) is 11.3 Å². The maximum Gasteiger partial charge on any atom is 0.355 e. The number of nitrogens with one attached hydrogen (secondary N) is 3. The Morgan fingerprint density at radius 3 is 2.36 bits per heavy atom. The van der Waals surface area contributed by atoms with E-state index in [1.165, 1.54) is 25.1 Å². The van der Waals surface area contributed by atoms with E-state index >= 15 is 0 Å². The van der Waals surface area contributed by atoms with Crippen molar-refractivity contribution >= 4 is 52.0 Å². The van der Waals surface area contributed by atoms with Crippen LogP contribution in [0.5, 0.6) is 0 Å². The highest BCUT2D eigenvalue weighted by Gasteiger charge is 2.24. The first-order valence-corrected chi connectivity index (χ1v) is 9.43. The van der Waals surface area contributed by atoms with E-state index in [4.69, 9.17) is 11.6 Å². The number of amides is 1. The fourth-order valence-electron chi connectivity index (χ4n) is 2.67. The number of carbonyl (C=O) groups excluding carboxylic acids is 2. The third-order valence-electron chi connectivity index (χ3n) is 4.24. The highest BCUT2D eigenvalue weighted by molar-refractivity contribution is 6.32. The molecule has 0 atom stereocenters. The molecule has 0 saturated heterocycles. The molecule has 33 heavy (non-hydrogen) atoms. The van der Waals surface area contributed by atoms with Gasteiger partial charge in [0.05, 0.1) is 9.85 Å². The zero-order valence-corrected chi connectivity index (χ0v) is 17.5. The standard InChI is InChI=1S/C19H14ClN7O6/c1-10(28)11-3-2-4-13(7-11)23-17-16(27(32)33)18(22-9-21-17)24-25-19(29)12-5-6-14(20)15(8-12)26(30)31/h2-9H,1H3,(H,25,29)(H2,21,22,23,24). The van der Waals surface area contributed by atoms with Gasteiger partial charge < -0.3 is 5.32 Å². The molecule has 0 unspecified atom stereocenters. The van der Waals surface area contributed by atoms with Crippen molar-refractivity contribution in [3.05, 3.63) is 85.2 Å². The number of ketones is 1. The number of rotatable bonds is 8. The number of hydrogen-bond acceptors (Lipinski definition) is 10. The largest absolute Gasteiger partial charge is 0.355 e. The molecule has 0 fully saturated rings. The fourth-order valence-corrected chi connectivity index (χ4v) is 2.86. The summed E-state index contributed by atoms with van der Waals surface area (Å²) in [6, 6.07) is 9.65. The summed E-state index contributed by atoms with van der Waals surface area (Å²) in [5.41, 5.74) is 4.09. The molecule has 3 N–H and O–H groups in total. The summed E-state index contributed by atoms with van der Waals surface area (Å²) in [4.78, 5) is 52.7. The van der Waals surface area contributed by atoms with Crippen LogP contribution in [0.2, 0.25) is 5.02 Å². The molecular formula is C19H14ClN7O6. The monoisotopic (exact) mass is 471 g/mol. The molecule has 1 aromatic heterocycles. The summed E-state index contributed by atoms with van der Waals surface area (Å²) in [7, 11) is 0. The number of nitrogens with zero attached hydrogens (tertiary/aromatic N) is 4. The first-order chi connectivity index (χ1) is 15.7. The first kappa shape index (κ1) is 23.0. The molecule has 0 radical (unpaired) electrons. The molecule has 1 heterocycles. The van der Waals surface area contributed by atoms with E-state index in [2.05, 4.69) is 26.1 Å². The van der Waals surface area contributed by atoms with Crippen LogP contribution in [0.25, 0.3) is 0 Å². The summed E-state index contributed by atoms with van der Waals surface area (Å²) in [6.45, 7) is 1.38. The van der Waals surface area contributed by atoms with Gasteiger partial charge in [-0.3, -0.25) is 40.7 Å². The third-order valence-corrected chi connectivity index (χ3v) is 4.56.